The van der Waals surface area contributed by atoms with Gasteiger partial charge < -0.3 is 19.4 Å². The highest BCUT2D eigenvalue weighted by Crippen LogP contribution is 2.16. The largest absolute Gasteiger partial charge is 0.381 e. The van der Waals surface area contributed by atoms with Gasteiger partial charge in [-0.15, -0.1) is 0 Å². The molecule has 1 fully saturated rings. The fourth-order valence-corrected chi connectivity index (χ4v) is 3.41. The first kappa shape index (κ1) is 17.7. The second-order valence-electron chi connectivity index (χ2n) is 6.64. The van der Waals surface area contributed by atoms with Crippen LogP contribution in [0.5, 0.6) is 0 Å². The molecule has 0 bridgehead atoms. The number of aromatic nitrogens is 2. The molecule has 2 aromatic heterocycles. The van der Waals surface area contributed by atoms with Crippen molar-refractivity contribution in [1.29, 1.82) is 0 Å². The van der Waals surface area contributed by atoms with Gasteiger partial charge in [0, 0.05) is 58.0 Å². The molecule has 0 aromatic carbocycles. The quantitative estimate of drug-likeness (QED) is 0.645. The molecule has 0 amide bonds. The number of guanidine groups is 1. The van der Waals surface area contributed by atoms with Crippen LogP contribution in [-0.4, -0.2) is 60.1 Å². The molecule has 1 saturated heterocycles. The number of fused-ring (bicyclic) bond motifs is 1. The van der Waals surface area contributed by atoms with Crippen molar-refractivity contribution in [3.05, 3.63) is 35.8 Å². The monoisotopic (exact) mass is 343 g/mol. The van der Waals surface area contributed by atoms with Crippen LogP contribution in [0.4, 0.5) is 0 Å². The lowest BCUT2D eigenvalue weighted by Gasteiger charge is -2.21. The first-order chi connectivity index (χ1) is 12.2. The van der Waals surface area contributed by atoms with Crippen molar-refractivity contribution in [2.75, 3.05) is 39.9 Å². The van der Waals surface area contributed by atoms with Crippen LogP contribution in [0.1, 0.15) is 24.6 Å². The van der Waals surface area contributed by atoms with Gasteiger partial charge >= 0.3 is 0 Å². The van der Waals surface area contributed by atoms with Gasteiger partial charge in [-0.25, -0.2) is 4.98 Å². The number of hydrogen-bond acceptors (Lipinski definition) is 3. The van der Waals surface area contributed by atoms with Crippen molar-refractivity contribution in [3.8, 4) is 0 Å². The Labute approximate surface area is 149 Å². The van der Waals surface area contributed by atoms with Crippen molar-refractivity contribution in [2.24, 2.45) is 10.9 Å². The summed E-state index contributed by atoms with van der Waals surface area (Å²) in [6.07, 6.45) is 6.22. The van der Waals surface area contributed by atoms with Crippen LogP contribution in [0.15, 0.2) is 29.5 Å². The molecule has 1 atom stereocenters. The molecule has 1 unspecified atom stereocenters. The molecular weight excluding hydrogens is 314 g/mol. The molecule has 2 aromatic rings. The minimum atomic E-state index is 0.611. The highest BCUT2D eigenvalue weighted by molar-refractivity contribution is 5.80. The number of aryl methyl sites for hydroxylation is 1. The molecule has 3 rings (SSSR count). The van der Waals surface area contributed by atoms with Gasteiger partial charge in [0.15, 0.2) is 5.96 Å². The van der Waals surface area contributed by atoms with Crippen molar-refractivity contribution in [3.63, 3.8) is 0 Å². The fourth-order valence-electron chi connectivity index (χ4n) is 3.41. The Morgan fingerprint density at radius 1 is 1.48 bits per heavy atom. The van der Waals surface area contributed by atoms with Crippen LogP contribution in [-0.2, 0) is 11.2 Å². The number of pyridine rings is 1. The Balaban J connectivity index is 1.51. The normalized spacial score (nSPS) is 18.3. The van der Waals surface area contributed by atoms with E-state index in [-0.39, 0.29) is 0 Å². The van der Waals surface area contributed by atoms with Gasteiger partial charge in [0.25, 0.3) is 0 Å². The zero-order chi connectivity index (χ0) is 17.6. The Hall–Kier alpha value is -2.08. The Morgan fingerprint density at radius 2 is 2.36 bits per heavy atom. The van der Waals surface area contributed by atoms with Gasteiger partial charge in [-0.05, 0) is 31.9 Å². The molecule has 1 aliphatic rings. The maximum absolute atomic E-state index is 5.56. The van der Waals surface area contributed by atoms with E-state index in [0.29, 0.717) is 5.92 Å². The topological polar surface area (TPSA) is 54.2 Å². The number of rotatable bonds is 6. The standard InChI is InChI=1S/C19H29N5O/c1-4-25-14-16-8-11-24(12-16)19(20-3)21-9-7-17-13-23-10-5-6-15(2)18(23)22-17/h5-6,10,13,16H,4,7-9,11-12,14H2,1-3H3,(H,20,21). The molecule has 0 spiro atoms. The summed E-state index contributed by atoms with van der Waals surface area (Å²) in [7, 11) is 1.85. The summed E-state index contributed by atoms with van der Waals surface area (Å²) in [4.78, 5) is 11.5. The molecule has 0 radical (unpaired) electrons. The molecule has 6 nitrogen and oxygen atoms in total. The smallest absolute Gasteiger partial charge is 0.193 e. The zero-order valence-electron chi connectivity index (χ0n) is 15.5. The van der Waals surface area contributed by atoms with Gasteiger partial charge in [-0.3, -0.25) is 4.99 Å². The molecular formula is C19H29N5O. The van der Waals surface area contributed by atoms with E-state index in [2.05, 4.69) is 44.9 Å². The van der Waals surface area contributed by atoms with E-state index in [9.17, 15) is 0 Å². The lowest BCUT2D eigenvalue weighted by Crippen LogP contribution is -2.41. The van der Waals surface area contributed by atoms with Gasteiger partial charge in [0.05, 0.1) is 12.3 Å². The first-order valence-electron chi connectivity index (χ1n) is 9.17. The van der Waals surface area contributed by atoms with Gasteiger partial charge in [0.1, 0.15) is 5.65 Å². The van der Waals surface area contributed by atoms with Crippen LogP contribution < -0.4 is 5.32 Å². The highest BCUT2D eigenvalue weighted by Gasteiger charge is 2.24. The van der Waals surface area contributed by atoms with Crippen molar-refractivity contribution in [1.82, 2.24) is 19.6 Å². The molecule has 6 heteroatoms. The van der Waals surface area contributed by atoms with E-state index in [1.165, 1.54) is 12.0 Å². The minimum absolute atomic E-state index is 0.611. The molecule has 25 heavy (non-hydrogen) atoms. The third kappa shape index (κ3) is 4.31. The van der Waals surface area contributed by atoms with E-state index >= 15 is 0 Å². The molecule has 0 saturated carbocycles. The molecule has 0 aliphatic carbocycles. The Bertz CT molecular complexity index is 724. The third-order valence-electron chi connectivity index (χ3n) is 4.75. The van der Waals surface area contributed by atoms with Crippen LogP contribution in [0.2, 0.25) is 0 Å². The summed E-state index contributed by atoms with van der Waals surface area (Å²) >= 11 is 0. The van der Waals surface area contributed by atoms with Crippen molar-refractivity contribution in [2.45, 2.75) is 26.7 Å². The average Bonchev–Trinajstić information content (AvgIpc) is 3.24. The number of aliphatic imine (C=N–C) groups is 1. The number of ether oxygens (including phenoxy) is 1. The van der Waals surface area contributed by atoms with Crippen molar-refractivity contribution < 1.29 is 4.74 Å². The Morgan fingerprint density at radius 3 is 3.12 bits per heavy atom. The average molecular weight is 343 g/mol. The van der Waals surface area contributed by atoms with E-state index in [1.54, 1.807) is 0 Å². The molecule has 1 aliphatic heterocycles. The van der Waals surface area contributed by atoms with E-state index < -0.39 is 0 Å². The number of imidazole rings is 1. The summed E-state index contributed by atoms with van der Waals surface area (Å²) in [6.45, 7) is 8.69. The SMILES string of the molecule is CCOCC1CCN(C(=NC)NCCc2cn3cccc(C)c3n2)C1. The van der Waals surface area contributed by atoms with Gasteiger partial charge in [0.2, 0.25) is 0 Å². The van der Waals surface area contributed by atoms with E-state index in [4.69, 9.17) is 9.72 Å². The van der Waals surface area contributed by atoms with Crippen LogP contribution >= 0.6 is 0 Å². The predicted octanol–water partition coefficient (Wildman–Crippen LogP) is 2.12. The maximum atomic E-state index is 5.56. The minimum Gasteiger partial charge on any atom is -0.381 e. The lowest BCUT2D eigenvalue weighted by molar-refractivity contribution is 0.114. The third-order valence-corrected chi connectivity index (χ3v) is 4.75. The molecule has 136 valence electrons. The fraction of sp³-hybridized carbons (Fsp3) is 0.579. The number of nitrogens with one attached hydrogen (secondary N) is 1. The second-order valence-corrected chi connectivity index (χ2v) is 6.64. The summed E-state index contributed by atoms with van der Waals surface area (Å²) in [5, 5.41) is 3.48. The van der Waals surface area contributed by atoms with Gasteiger partial charge in [-0.1, -0.05) is 6.07 Å². The molecule has 1 N–H and O–H groups in total. The van der Waals surface area contributed by atoms with Crippen LogP contribution in [0.3, 0.4) is 0 Å². The van der Waals surface area contributed by atoms with Crippen LogP contribution in [0, 0.1) is 12.8 Å². The predicted molar refractivity (Wildman–Crippen MR) is 101 cm³/mol. The summed E-state index contributed by atoms with van der Waals surface area (Å²) in [5.74, 6) is 1.60. The second kappa shape index (κ2) is 8.34. The first-order valence-corrected chi connectivity index (χ1v) is 9.17. The highest BCUT2D eigenvalue weighted by atomic mass is 16.5. The summed E-state index contributed by atoms with van der Waals surface area (Å²) < 4.78 is 7.65. The van der Waals surface area contributed by atoms with Gasteiger partial charge in [-0.2, -0.15) is 0 Å². The van der Waals surface area contributed by atoms with Crippen LogP contribution in [0.25, 0.3) is 5.65 Å². The zero-order valence-corrected chi connectivity index (χ0v) is 15.5. The summed E-state index contributed by atoms with van der Waals surface area (Å²) in [6, 6.07) is 4.15. The number of nitrogens with zero attached hydrogens (tertiary/aromatic N) is 4. The number of hydrogen-bond donors (Lipinski definition) is 1. The maximum Gasteiger partial charge on any atom is 0.193 e. The number of likely N-dealkylation sites (tertiary alicyclic amines) is 1. The van der Waals surface area contributed by atoms with E-state index in [0.717, 1.165) is 56.6 Å². The lowest BCUT2D eigenvalue weighted by atomic mass is 10.1. The van der Waals surface area contributed by atoms with Crippen molar-refractivity contribution >= 4 is 11.6 Å². The van der Waals surface area contributed by atoms with E-state index in [1.807, 2.05) is 20.2 Å². The summed E-state index contributed by atoms with van der Waals surface area (Å²) in [5.41, 5.74) is 3.35. The Kier molecular flexibility index (Phi) is 5.91. The molecule has 3 heterocycles.